The lowest BCUT2D eigenvalue weighted by atomic mass is 9.89. The maximum absolute atomic E-state index is 3.26. The third-order valence-corrected chi connectivity index (χ3v) is 2.68. The average Bonchev–Trinajstić information content (AvgIpc) is 2.05. The minimum absolute atomic E-state index is 0.841. The second-order valence-corrected chi connectivity index (χ2v) is 4.34. The molecule has 1 unspecified atom stereocenters. The zero-order valence-corrected chi connectivity index (χ0v) is 9.90. The van der Waals surface area contributed by atoms with Crippen LogP contribution < -0.4 is 5.32 Å². The van der Waals surface area contributed by atoms with E-state index in [2.05, 4.69) is 26.1 Å². The van der Waals surface area contributed by atoms with Crippen molar-refractivity contribution in [3.8, 4) is 0 Å². The molecule has 0 bridgehead atoms. The normalized spacial score (nSPS) is 13.6. The van der Waals surface area contributed by atoms with Crippen LogP contribution in [0.1, 0.15) is 52.9 Å². The molecule has 0 aromatic rings. The van der Waals surface area contributed by atoms with Gasteiger partial charge in [0.05, 0.1) is 0 Å². The van der Waals surface area contributed by atoms with E-state index < -0.39 is 0 Å². The van der Waals surface area contributed by atoms with Crippen molar-refractivity contribution in [2.45, 2.75) is 52.9 Å². The van der Waals surface area contributed by atoms with Crippen LogP contribution in [-0.4, -0.2) is 13.6 Å². The Morgan fingerprint density at radius 1 is 1.08 bits per heavy atom. The monoisotopic (exact) mass is 185 g/mol. The largest absolute Gasteiger partial charge is 0.319 e. The molecule has 1 N–H and O–H groups in total. The zero-order valence-electron chi connectivity index (χ0n) is 9.90. The van der Waals surface area contributed by atoms with Crippen LogP contribution in [0.25, 0.3) is 0 Å². The quantitative estimate of drug-likeness (QED) is 0.611. The lowest BCUT2D eigenvalue weighted by molar-refractivity contribution is 0.340. The molecule has 0 fully saturated rings. The first-order valence-corrected chi connectivity index (χ1v) is 5.89. The molecule has 0 aliphatic rings. The van der Waals surface area contributed by atoms with Crippen LogP contribution in [0.3, 0.4) is 0 Å². The van der Waals surface area contributed by atoms with Crippen molar-refractivity contribution in [3.63, 3.8) is 0 Å². The first-order chi connectivity index (χ1) is 6.24. The third kappa shape index (κ3) is 7.06. The Balaban J connectivity index is 3.64. The highest BCUT2D eigenvalue weighted by Crippen LogP contribution is 2.21. The lowest BCUT2D eigenvalue weighted by Crippen LogP contribution is -2.19. The molecule has 1 heteroatoms. The van der Waals surface area contributed by atoms with Gasteiger partial charge in [-0.2, -0.15) is 0 Å². The van der Waals surface area contributed by atoms with E-state index in [1.54, 1.807) is 0 Å². The van der Waals surface area contributed by atoms with Gasteiger partial charge in [0, 0.05) is 0 Å². The first-order valence-electron chi connectivity index (χ1n) is 5.89. The van der Waals surface area contributed by atoms with Crippen LogP contribution in [0.4, 0.5) is 0 Å². The molecule has 0 aliphatic carbocycles. The number of nitrogens with one attached hydrogen (secondary N) is 1. The summed E-state index contributed by atoms with van der Waals surface area (Å²) >= 11 is 0. The van der Waals surface area contributed by atoms with Gasteiger partial charge in [-0.15, -0.1) is 0 Å². The highest BCUT2D eigenvalue weighted by atomic mass is 14.8. The number of hydrogen-bond acceptors (Lipinski definition) is 1. The summed E-state index contributed by atoms with van der Waals surface area (Å²) in [6.07, 6.45) is 6.93. The van der Waals surface area contributed by atoms with E-state index in [9.17, 15) is 0 Å². The van der Waals surface area contributed by atoms with E-state index >= 15 is 0 Å². The van der Waals surface area contributed by atoms with Crippen molar-refractivity contribution in [2.75, 3.05) is 13.6 Å². The first kappa shape index (κ1) is 13.0. The second-order valence-electron chi connectivity index (χ2n) is 4.34. The fraction of sp³-hybridized carbons (Fsp3) is 1.00. The predicted octanol–water partition coefficient (Wildman–Crippen LogP) is 3.45. The van der Waals surface area contributed by atoms with Gasteiger partial charge in [-0.25, -0.2) is 0 Å². The zero-order chi connectivity index (χ0) is 10.1. The van der Waals surface area contributed by atoms with Gasteiger partial charge in [0.2, 0.25) is 0 Å². The summed E-state index contributed by atoms with van der Waals surface area (Å²) in [5.41, 5.74) is 0. The van der Waals surface area contributed by atoms with Crippen molar-refractivity contribution < 1.29 is 0 Å². The maximum atomic E-state index is 3.26. The topological polar surface area (TPSA) is 12.0 Å². The van der Waals surface area contributed by atoms with E-state index in [0.29, 0.717) is 0 Å². The Labute approximate surface area is 84.3 Å². The minimum atomic E-state index is 0.841. The molecule has 80 valence electrons. The van der Waals surface area contributed by atoms with Gasteiger partial charge in [-0.1, -0.05) is 46.5 Å². The number of hydrogen-bond donors (Lipinski definition) is 1. The smallest absolute Gasteiger partial charge is 0.00261 e. The summed E-state index contributed by atoms with van der Waals surface area (Å²) in [6.45, 7) is 8.12. The standard InChI is InChI=1S/C12H27N/c1-5-7-12(8-6-2)9-11(3)10-13-4/h11-13H,5-10H2,1-4H3. The maximum Gasteiger partial charge on any atom is -0.00261 e. The molecule has 0 saturated heterocycles. The molecule has 0 aliphatic heterocycles. The van der Waals surface area contributed by atoms with Crippen molar-refractivity contribution >= 4 is 0 Å². The van der Waals surface area contributed by atoms with Crippen molar-refractivity contribution in [3.05, 3.63) is 0 Å². The third-order valence-electron chi connectivity index (χ3n) is 2.68. The summed E-state index contributed by atoms with van der Waals surface area (Å²) in [4.78, 5) is 0. The highest BCUT2D eigenvalue weighted by molar-refractivity contribution is 4.64. The molecule has 0 radical (unpaired) electrons. The fourth-order valence-electron chi connectivity index (χ4n) is 2.20. The van der Waals surface area contributed by atoms with Gasteiger partial charge >= 0.3 is 0 Å². The van der Waals surface area contributed by atoms with Crippen LogP contribution >= 0.6 is 0 Å². The Morgan fingerprint density at radius 3 is 2.00 bits per heavy atom. The molecule has 0 heterocycles. The Bertz CT molecular complexity index is 95.3. The average molecular weight is 185 g/mol. The Morgan fingerprint density at radius 2 is 1.62 bits per heavy atom. The van der Waals surface area contributed by atoms with Gasteiger partial charge in [-0.3, -0.25) is 0 Å². The molecule has 0 amide bonds. The lowest BCUT2D eigenvalue weighted by Gasteiger charge is -2.19. The van der Waals surface area contributed by atoms with Crippen molar-refractivity contribution in [1.29, 1.82) is 0 Å². The fourth-order valence-corrected chi connectivity index (χ4v) is 2.20. The van der Waals surface area contributed by atoms with Crippen molar-refractivity contribution in [1.82, 2.24) is 5.32 Å². The molecule has 0 saturated carbocycles. The summed E-state index contributed by atoms with van der Waals surface area (Å²) in [5.74, 6) is 1.81. The minimum Gasteiger partial charge on any atom is -0.319 e. The molecule has 0 aromatic carbocycles. The van der Waals surface area contributed by atoms with Crippen LogP contribution in [0.15, 0.2) is 0 Å². The van der Waals surface area contributed by atoms with Crippen molar-refractivity contribution in [2.24, 2.45) is 11.8 Å². The van der Waals surface area contributed by atoms with Gasteiger partial charge in [0.1, 0.15) is 0 Å². The van der Waals surface area contributed by atoms with Gasteiger partial charge in [0.15, 0.2) is 0 Å². The van der Waals surface area contributed by atoms with E-state index in [1.165, 1.54) is 38.6 Å². The summed E-state index contributed by atoms with van der Waals surface area (Å²) < 4.78 is 0. The molecule has 0 spiro atoms. The van der Waals surface area contributed by atoms with Crippen LogP contribution in [0.5, 0.6) is 0 Å². The van der Waals surface area contributed by atoms with E-state index in [-0.39, 0.29) is 0 Å². The van der Waals surface area contributed by atoms with Crippen LogP contribution in [-0.2, 0) is 0 Å². The summed E-state index contributed by atoms with van der Waals surface area (Å²) in [7, 11) is 2.05. The molecule has 0 rings (SSSR count). The summed E-state index contributed by atoms with van der Waals surface area (Å²) in [6, 6.07) is 0. The van der Waals surface area contributed by atoms with Gasteiger partial charge in [-0.05, 0) is 31.8 Å². The van der Waals surface area contributed by atoms with E-state index in [1.807, 2.05) is 7.05 Å². The summed E-state index contributed by atoms with van der Waals surface area (Å²) in [5, 5.41) is 3.26. The molecule has 1 nitrogen and oxygen atoms in total. The highest BCUT2D eigenvalue weighted by Gasteiger charge is 2.10. The van der Waals surface area contributed by atoms with E-state index in [0.717, 1.165) is 11.8 Å². The molecular formula is C12H27N. The van der Waals surface area contributed by atoms with Gasteiger partial charge in [0.25, 0.3) is 0 Å². The molecular weight excluding hydrogens is 158 g/mol. The van der Waals surface area contributed by atoms with Crippen LogP contribution in [0, 0.1) is 11.8 Å². The molecule has 0 aromatic heterocycles. The number of rotatable bonds is 8. The molecule has 13 heavy (non-hydrogen) atoms. The Kier molecular flexibility index (Phi) is 8.53. The van der Waals surface area contributed by atoms with E-state index in [4.69, 9.17) is 0 Å². The van der Waals surface area contributed by atoms with Crippen LogP contribution in [0.2, 0.25) is 0 Å². The van der Waals surface area contributed by atoms with Gasteiger partial charge < -0.3 is 5.32 Å². The second kappa shape index (κ2) is 8.55. The Hall–Kier alpha value is -0.0400. The predicted molar refractivity (Wildman–Crippen MR) is 61.0 cm³/mol. The SMILES string of the molecule is CCCC(CCC)CC(C)CNC. The molecule has 1 atom stereocenters.